The number of rotatable bonds is 4. The number of benzene rings is 1. The molecule has 2 aromatic rings. The van der Waals surface area contributed by atoms with Gasteiger partial charge in [-0.15, -0.1) is 11.3 Å². The van der Waals surface area contributed by atoms with Crippen molar-refractivity contribution in [2.75, 3.05) is 6.54 Å². The highest BCUT2D eigenvalue weighted by atomic mass is 32.1. The Labute approximate surface area is 117 Å². The summed E-state index contributed by atoms with van der Waals surface area (Å²) in [5.41, 5.74) is 6.26. The third-order valence-corrected chi connectivity index (χ3v) is 3.80. The highest BCUT2D eigenvalue weighted by Crippen LogP contribution is 2.33. The van der Waals surface area contributed by atoms with E-state index in [1.165, 1.54) is 0 Å². The average Bonchev–Trinajstić information content (AvgIpc) is 2.90. The van der Waals surface area contributed by atoms with Crippen LogP contribution in [0.2, 0.25) is 0 Å². The Morgan fingerprint density at radius 3 is 2.45 bits per heavy atom. The van der Waals surface area contributed by atoms with Crippen molar-refractivity contribution < 1.29 is 18.0 Å². The molecular formula is C13H11F3N2OS. The Kier molecular flexibility index (Phi) is 4.20. The number of thiazole rings is 1. The molecular weight excluding hydrogens is 289 g/mol. The van der Waals surface area contributed by atoms with E-state index in [2.05, 4.69) is 4.98 Å². The van der Waals surface area contributed by atoms with Gasteiger partial charge in [0, 0.05) is 12.7 Å². The maximum atomic E-state index is 12.5. The van der Waals surface area contributed by atoms with Crippen molar-refractivity contribution in [1.82, 2.24) is 4.98 Å². The van der Waals surface area contributed by atoms with Crippen LogP contribution in [0.5, 0.6) is 0 Å². The minimum atomic E-state index is -4.53. The van der Waals surface area contributed by atoms with Crippen molar-refractivity contribution in [3.05, 3.63) is 52.0 Å². The smallest absolute Gasteiger partial charge is 0.329 e. The molecule has 2 rings (SSSR count). The number of nitrogens with two attached hydrogens (primary N) is 1. The first kappa shape index (κ1) is 14.7. The summed E-state index contributed by atoms with van der Waals surface area (Å²) in [6, 6.07) is 8.73. The predicted molar refractivity (Wildman–Crippen MR) is 69.7 cm³/mol. The summed E-state index contributed by atoms with van der Waals surface area (Å²) in [5.74, 6) is -1.09. The summed E-state index contributed by atoms with van der Waals surface area (Å²) >= 11 is 0.345. The van der Waals surface area contributed by atoms with Gasteiger partial charge in [-0.3, -0.25) is 4.79 Å². The highest BCUT2D eigenvalue weighted by molar-refractivity contribution is 7.13. The fourth-order valence-corrected chi connectivity index (χ4v) is 2.55. The van der Waals surface area contributed by atoms with Crippen LogP contribution in [0.25, 0.3) is 0 Å². The van der Waals surface area contributed by atoms with Crippen LogP contribution in [0.3, 0.4) is 0 Å². The number of halogens is 3. The van der Waals surface area contributed by atoms with Gasteiger partial charge in [-0.1, -0.05) is 30.3 Å². The Bertz CT molecular complexity index is 595. The number of ketones is 1. The lowest BCUT2D eigenvalue weighted by Gasteiger charge is -2.12. The maximum Gasteiger partial charge on any atom is 0.443 e. The lowest BCUT2D eigenvalue weighted by atomic mass is 9.94. The predicted octanol–water partition coefficient (Wildman–Crippen LogP) is 3.09. The van der Waals surface area contributed by atoms with Crippen molar-refractivity contribution in [2.24, 2.45) is 5.73 Å². The highest BCUT2D eigenvalue weighted by Gasteiger charge is 2.36. The fraction of sp³-hybridized carbons (Fsp3) is 0.231. The minimum absolute atomic E-state index is 0.0299. The first-order valence-electron chi connectivity index (χ1n) is 5.75. The SMILES string of the molecule is NCC(C(=O)c1cnc(C(F)(F)F)s1)c1ccccc1. The quantitative estimate of drug-likeness (QED) is 0.883. The second kappa shape index (κ2) is 5.72. The molecule has 0 saturated heterocycles. The molecule has 0 spiro atoms. The van der Waals surface area contributed by atoms with E-state index in [0.29, 0.717) is 16.9 Å². The standard InChI is InChI=1S/C13H11F3N2OS/c14-13(15,16)12-18-7-10(20-12)11(19)9(6-17)8-4-2-1-3-5-8/h1-5,7,9H,6,17H2. The lowest BCUT2D eigenvalue weighted by molar-refractivity contribution is -0.137. The van der Waals surface area contributed by atoms with Crippen LogP contribution >= 0.6 is 11.3 Å². The van der Waals surface area contributed by atoms with Crippen molar-refractivity contribution in [3.8, 4) is 0 Å². The lowest BCUT2D eigenvalue weighted by Crippen LogP contribution is -2.21. The molecule has 1 aromatic heterocycles. The zero-order valence-corrected chi connectivity index (χ0v) is 11.0. The van der Waals surface area contributed by atoms with E-state index in [1.54, 1.807) is 30.3 Å². The summed E-state index contributed by atoms with van der Waals surface area (Å²) in [6.07, 6.45) is -3.57. The third-order valence-electron chi connectivity index (χ3n) is 2.75. The van der Waals surface area contributed by atoms with Crippen molar-refractivity contribution >= 4 is 17.1 Å². The molecule has 0 aliphatic carbocycles. The van der Waals surface area contributed by atoms with Crippen molar-refractivity contribution in [1.29, 1.82) is 0 Å². The molecule has 0 saturated carbocycles. The van der Waals surface area contributed by atoms with Gasteiger partial charge < -0.3 is 5.73 Å². The van der Waals surface area contributed by atoms with Crippen LogP contribution in [0.15, 0.2) is 36.5 Å². The summed E-state index contributed by atoms with van der Waals surface area (Å²) in [7, 11) is 0. The number of hydrogen-bond donors (Lipinski definition) is 1. The van der Waals surface area contributed by atoms with E-state index in [9.17, 15) is 18.0 Å². The van der Waals surface area contributed by atoms with Crippen LogP contribution in [-0.2, 0) is 6.18 Å². The maximum absolute atomic E-state index is 12.5. The third kappa shape index (κ3) is 3.05. The Hall–Kier alpha value is -1.73. The number of nitrogens with zero attached hydrogens (tertiary/aromatic N) is 1. The molecule has 0 amide bonds. The van der Waals surface area contributed by atoms with Gasteiger partial charge in [-0.05, 0) is 5.56 Å². The molecule has 1 atom stereocenters. The largest absolute Gasteiger partial charge is 0.443 e. The van der Waals surface area contributed by atoms with Gasteiger partial charge in [0.05, 0.1) is 10.8 Å². The van der Waals surface area contributed by atoms with Gasteiger partial charge >= 0.3 is 6.18 Å². The van der Waals surface area contributed by atoms with E-state index in [1.807, 2.05) is 0 Å². The van der Waals surface area contributed by atoms with Gasteiger partial charge in [-0.25, -0.2) is 4.98 Å². The van der Waals surface area contributed by atoms with Crippen molar-refractivity contribution in [2.45, 2.75) is 12.1 Å². The van der Waals surface area contributed by atoms with Crippen LogP contribution in [0, 0.1) is 0 Å². The van der Waals surface area contributed by atoms with E-state index in [-0.39, 0.29) is 11.4 Å². The number of Topliss-reactive ketones (excluding diaryl/α,β-unsaturated/α-hetero) is 1. The molecule has 7 heteroatoms. The van der Waals surface area contributed by atoms with E-state index in [0.717, 1.165) is 6.20 Å². The number of alkyl halides is 3. The molecule has 3 nitrogen and oxygen atoms in total. The van der Waals surface area contributed by atoms with Gasteiger partial charge in [-0.2, -0.15) is 13.2 Å². The molecule has 0 bridgehead atoms. The molecule has 0 fully saturated rings. The van der Waals surface area contributed by atoms with E-state index < -0.39 is 22.9 Å². The second-order valence-electron chi connectivity index (χ2n) is 4.09. The average molecular weight is 300 g/mol. The van der Waals surface area contributed by atoms with Gasteiger partial charge in [0.15, 0.2) is 10.8 Å². The molecule has 0 radical (unpaired) electrons. The number of carbonyl (C=O) groups is 1. The van der Waals surface area contributed by atoms with Gasteiger partial charge in [0.2, 0.25) is 0 Å². The van der Waals surface area contributed by atoms with Crippen molar-refractivity contribution in [3.63, 3.8) is 0 Å². The first-order chi connectivity index (χ1) is 9.43. The Morgan fingerprint density at radius 1 is 1.30 bits per heavy atom. The molecule has 0 aliphatic rings. The zero-order valence-electron chi connectivity index (χ0n) is 10.2. The molecule has 2 N–H and O–H groups in total. The van der Waals surface area contributed by atoms with Crippen LogP contribution in [0.1, 0.15) is 26.2 Å². The summed E-state index contributed by atoms with van der Waals surface area (Å²) in [5, 5.41) is -1.02. The van der Waals surface area contributed by atoms with Crippen LogP contribution < -0.4 is 5.73 Å². The molecule has 1 heterocycles. The number of aromatic nitrogens is 1. The summed E-state index contributed by atoms with van der Waals surface area (Å²) < 4.78 is 37.4. The topological polar surface area (TPSA) is 56.0 Å². The van der Waals surface area contributed by atoms with E-state index in [4.69, 9.17) is 5.73 Å². The molecule has 106 valence electrons. The number of hydrogen-bond acceptors (Lipinski definition) is 4. The van der Waals surface area contributed by atoms with Crippen LogP contribution in [0.4, 0.5) is 13.2 Å². The second-order valence-corrected chi connectivity index (χ2v) is 5.12. The molecule has 20 heavy (non-hydrogen) atoms. The summed E-state index contributed by atoms with van der Waals surface area (Å²) in [4.78, 5) is 15.5. The van der Waals surface area contributed by atoms with Gasteiger partial charge in [0.25, 0.3) is 0 Å². The number of carbonyl (C=O) groups excluding carboxylic acids is 1. The minimum Gasteiger partial charge on any atom is -0.329 e. The molecule has 0 aliphatic heterocycles. The van der Waals surface area contributed by atoms with E-state index >= 15 is 0 Å². The first-order valence-corrected chi connectivity index (χ1v) is 6.57. The fourth-order valence-electron chi connectivity index (χ4n) is 1.77. The normalized spacial score (nSPS) is 13.2. The summed E-state index contributed by atoms with van der Waals surface area (Å²) in [6.45, 7) is 0.0299. The zero-order chi connectivity index (χ0) is 14.8. The molecule has 1 aromatic carbocycles. The van der Waals surface area contributed by atoms with Gasteiger partial charge in [0.1, 0.15) is 0 Å². The monoisotopic (exact) mass is 300 g/mol. The Morgan fingerprint density at radius 2 is 1.95 bits per heavy atom. The molecule has 1 unspecified atom stereocenters. The van der Waals surface area contributed by atoms with Crippen LogP contribution in [-0.4, -0.2) is 17.3 Å². The Balaban J connectivity index is 2.28.